The first kappa shape index (κ1) is 16.4. The Labute approximate surface area is 139 Å². The van der Waals surface area contributed by atoms with E-state index in [9.17, 15) is 19.5 Å². The van der Waals surface area contributed by atoms with Crippen LogP contribution in [0.25, 0.3) is 0 Å². The number of carbonyl (C=O) groups excluding carboxylic acids is 3. The number of imide groups is 1. The number of nitrogens with two attached hydrogens (primary N) is 1. The van der Waals surface area contributed by atoms with Gasteiger partial charge in [-0.3, -0.25) is 19.3 Å². The number of benzene rings is 1. The zero-order valence-electron chi connectivity index (χ0n) is 13.1. The van der Waals surface area contributed by atoms with Gasteiger partial charge in [-0.15, -0.1) is 0 Å². The zero-order valence-corrected chi connectivity index (χ0v) is 13.1. The number of hydrogen-bond acceptors (Lipinski definition) is 6. The molecule has 8 heteroatoms. The highest BCUT2D eigenvalue weighted by Crippen LogP contribution is 2.32. The SMILES string of the molecule is NCCCNc1cccc2c1C(=O)N(C1CCC(=O)NC1O)C2=O. The summed E-state index contributed by atoms with van der Waals surface area (Å²) in [4.78, 5) is 37.8. The van der Waals surface area contributed by atoms with Crippen LogP contribution in [-0.2, 0) is 4.79 Å². The molecule has 0 spiro atoms. The standard InChI is InChI=1S/C16H20N4O4/c17-7-2-8-18-10-4-1-3-9-13(10)16(24)20(15(9)23)11-5-6-12(21)19-14(11)22/h1,3-4,11,14,18,22H,2,5-8,17H2,(H,19,21). The van der Waals surface area contributed by atoms with E-state index in [-0.39, 0.29) is 18.7 Å². The molecule has 1 saturated heterocycles. The summed E-state index contributed by atoms with van der Waals surface area (Å²) in [6, 6.07) is 4.28. The second-order valence-corrected chi connectivity index (χ2v) is 5.90. The molecule has 1 aromatic rings. The van der Waals surface area contributed by atoms with Crippen LogP contribution in [0.15, 0.2) is 18.2 Å². The highest BCUT2D eigenvalue weighted by Gasteiger charge is 2.45. The average Bonchev–Trinajstić information content (AvgIpc) is 2.81. The molecular weight excluding hydrogens is 312 g/mol. The van der Waals surface area contributed by atoms with Gasteiger partial charge in [-0.1, -0.05) is 6.07 Å². The van der Waals surface area contributed by atoms with Crippen molar-refractivity contribution in [3.05, 3.63) is 29.3 Å². The number of rotatable bonds is 5. The first-order valence-electron chi connectivity index (χ1n) is 7.97. The van der Waals surface area contributed by atoms with Crippen LogP contribution in [0.5, 0.6) is 0 Å². The molecule has 2 aliphatic rings. The lowest BCUT2D eigenvalue weighted by molar-refractivity contribution is -0.129. The number of carbonyl (C=O) groups is 3. The first-order valence-corrected chi connectivity index (χ1v) is 7.97. The fourth-order valence-electron chi connectivity index (χ4n) is 3.12. The van der Waals surface area contributed by atoms with Crippen LogP contribution < -0.4 is 16.4 Å². The number of nitrogens with zero attached hydrogens (tertiary/aromatic N) is 1. The van der Waals surface area contributed by atoms with E-state index in [1.54, 1.807) is 18.2 Å². The van der Waals surface area contributed by atoms with Crippen molar-refractivity contribution in [3.63, 3.8) is 0 Å². The minimum Gasteiger partial charge on any atom is -0.384 e. The Hall–Kier alpha value is -2.45. The van der Waals surface area contributed by atoms with Crippen LogP contribution >= 0.6 is 0 Å². The van der Waals surface area contributed by atoms with Gasteiger partial charge < -0.3 is 21.5 Å². The number of aliphatic hydroxyl groups excluding tert-OH is 1. The molecule has 1 fully saturated rings. The number of hydrogen-bond donors (Lipinski definition) is 4. The molecule has 3 amide bonds. The highest BCUT2D eigenvalue weighted by molar-refractivity contribution is 6.24. The fourth-order valence-corrected chi connectivity index (χ4v) is 3.12. The zero-order chi connectivity index (χ0) is 17.3. The summed E-state index contributed by atoms with van der Waals surface area (Å²) in [6.07, 6.45) is -0.101. The van der Waals surface area contributed by atoms with Crippen LogP contribution in [0.2, 0.25) is 0 Å². The summed E-state index contributed by atoms with van der Waals surface area (Å²) in [5, 5.41) is 15.5. The van der Waals surface area contributed by atoms with Crippen molar-refractivity contribution in [2.24, 2.45) is 5.73 Å². The first-order chi connectivity index (χ1) is 11.5. The van der Waals surface area contributed by atoms with Gasteiger partial charge in [0.05, 0.1) is 17.2 Å². The number of anilines is 1. The molecule has 2 atom stereocenters. The molecule has 0 aliphatic carbocycles. The summed E-state index contributed by atoms with van der Waals surface area (Å²) in [6.45, 7) is 1.12. The van der Waals surface area contributed by atoms with E-state index in [1.165, 1.54) is 0 Å². The van der Waals surface area contributed by atoms with Crippen molar-refractivity contribution in [1.82, 2.24) is 10.2 Å². The fraction of sp³-hybridized carbons (Fsp3) is 0.438. The Morgan fingerprint density at radius 1 is 1.29 bits per heavy atom. The second-order valence-electron chi connectivity index (χ2n) is 5.90. The van der Waals surface area contributed by atoms with Crippen LogP contribution in [0, 0.1) is 0 Å². The van der Waals surface area contributed by atoms with Crippen molar-refractivity contribution >= 4 is 23.4 Å². The molecule has 0 radical (unpaired) electrons. The quantitative estimate of drug-likeness (QED) is 0.431. The third-order valence-electron chi connectivity index (χ3n) is 4.31. The van der Waals surface area contributed by atoms with E-state index in [0.29, 0.717) is 29.9 Å². The van der Waals surface area contributed by atoms with Gasteiger partial charge in [-0.25, -0.2) is 0 Å². The molecule has 5 N–H and O–H groups in total. The van der Waals surface area contributed by atoms with E-state index in [1.807, 2.05) is 0 Å². The van der Waals surface area contributed by atoms with Crippen molar-refractivity contribution in [1.29, 1.82) is 0 Å². The van der Waals surface area contributed by atoms with Crippen LogP contribution in [0.4, 0.5) is 5.69 Å². The van der Waals surface area contributed by atoms with Gasteiger partial charge in [0, 0.05) is 18.7 Å². The number of nitrogens with one attached hydrogen (secondary N) is 2. The predicted molar refractivity (Wildman–Crippen MR) is 86.3 cm³/mol. The lowest BCUT2D eigenvalue weighted by Crippen LogP contribution is -2.57. The van der Waals surface area contributed by atoms with Gasteiger partial charge in [0.1, 0.15) is 6.23 Å². The molecule has 0 saturated carbocycles. The number of amides is 3. The number of fused-ring (bicyclic) bond motifs is 1. The third kappa shape index (κ3) is 2.74. The summed E-state index contributed by atoms with van der Waals surface area (Å²) in [5.41, 5.74) is 6.67. The Kier molecular flexibility index (Phi) is 4.50. The van der Waals surface area contributed by atoms with Crippen molar-refractivity contribution in [3.8, 4) is 0 Å². The molecular formula is C16H20N4O4. The summed E-state index contributed by atoms with van der Waals surface area (Å²) in [5.74, 6) is -1.19. The molecule has 24 heavy (non-hydrogen) atoms. The maximum Gasteiger partial charge on any atom is 0.264 e. The Morgan fingerprint density at radius 3 is 2.79 bits per heavy atom. The van der Waals surface area contributed by atoms with Gasteiger partial charge >= 0.3 is 0 Å². The van der Waals surface area contributed by atoms with E-state index in [2.05, 4.69) is 10.6 Å². The van der Waals surface area contributed by atoms with Gasteiger partial charge in [0.15, 0.2) is 0 Å². The highest BCUT2D eigenvalue weighted by atomic mass is 16.3. The van der Waals surface area contributed by atoms with Crippen molar-refractivity contribution in [2.45, 2.75) is 31.5 Å². The molecule has 2 aliphatic heterocycles. The van der Waals surface area contributed by atoms with Crippen LogP contribution in [-0.4, -0.2) is 53.1 Å². The largest absolute Gasteiger partial charge is 0.384 e. The van der Waals surface area contributed by atoms with E-state index in [0.717, 1.165) is 11.3 Å². The minimum absolute atomic E-state index is 0.163. The maximum atomic E-state index is 12.8. The van der Waals surface area contributed by atoms with E-state index in [4.69, 9.17) is 5.73 Å². The van der Waals surface area contributed by atoms with E-state index >= 15 is 0 Å². The molecule has 8 nitrogen and oxygen atoms in total. The van der Waals surface area contributed by atoms with Gasteiger partial charge in [0.25, 0.3) is 11.8 Å². The third-order valence-corrected chi connectivity index (χ3v) is 4.31. The Balaban J connectivity index is 1.88. The van der Waals surface area contributed by atoms with Crippen molar-refractivity contribution in [2.75, 3.05) is 18.4 Å². The van der Waals surface area contributed by atoms with Crippen LogP contribution in [0.1, 0.15) is 40.0 Å². The molecule has 3 rings (SSSR count). The molecule has 2 heterocycles. The summed E-state index contributed by atoms with van der Waals surface area (Å²) >= 11 is 0. The lowest BCUT2D eigenvalue weighted by Gasteiger charge is -2.33. The monoisotopic (exact) mass is 332 g/mol. The molecule has 128 valence electrons. The normalized spacial score (nSPS) is 23.2. The van der Waals surface area contributed by atoms with E-state index < -0.39 is 24.1 Å². The predicted octanol–water partition coefficient (Wildman–Crippen LogP) is -0.360. The number of piperidine rings is 1. The maximum absolute atomic E-state index is 12.8. The van der Waals surface area contributed by atoms with Gasteiger partial charge in [0.2, 0.25) is 5.91 Å². The van der Waals surface area contributed by atoms with Crippen LogP contribution in [0.3, 0.4) is 0 Å². The molecule has 2 unspecified atom stereocenters. The van der Waals surface area contributed by atoms with Gasteiger partial charge in [-0.2, -0.15) is 0 Å². The lowest BCUT2D eigenvalue weighted by atomic mass is 10.0. The average molecular weight is 332 g/mol. The molecule has 0 bridgehead atoms. The topological polar surface area (TPSA) is 125 Å². The molecule has 0 aromatic heterocycles. The molecule has 1 aromatic carbocycles. The Morgan fingerprint density at radius 2 is 2.08 bits per heavy atom. The second kappa shape index (κ2) is 6.58. The minimum atomic E-state index is -1.25. The Bertz CT molecular complexity index is 691. The smallest absolute Gasteiger partial charge is 0.264 e. The summed E-state index contributed by atoms with van der Waals surface area (Å²) < 4.78 is 0. The number of aliphatic hydroxyl groups is 1. The summed E-state index contributed by atoms with van der Waals surface area (Å²) in [7, 11) is 0. The van der Waals surface area contributed by atoms with Crippen molar-refractivity contribution < 1.29 is 19.5 Å². The van der Waals surface area contributed by atoms with Gasteiger partial charge in [-0.05, 0) is 31.5 Å².